The molecule has 2 heterocycles. The van der Waals surface area contributed by atoms with Crippen molar-refractivity contribution in [1.82, 2.24) is 5.01 Å². The van der Waals surface area contributed by atoms with E-state index in [0.29, 0.717) is 11.3 Å². The SMILES string of the molecule is COc1cccc(C2=NN(C(=O)c3cccs3)[C@@H](c3cccc(Br)c3)C2)c1. The van der Waals surface area contributed by atoms with E-state index in [2.05, 4.69) is 15.9 Å². The van der Waals surface area contributed by atoms with Crippen molar-refractivity contribution in [1.29, 1.82) is 0 Å². The molecule has 0 radical (unpaired) electrons. The Morgan fingerprint density at radius 1 is 1.19 bits per heavy atom. The number of nitrogens with zero attached hydrogens (tertiary/aromatic N) is 2. The predicted molar refractivity (Wildman–Crippen MR) is 112 cm³/mol. The van der Waals surface area contributed by atoms with Crippen LogP contribution in [0.5, 0.6) is 5.75 Å². The van der Waals surface area contributed by atoms with Crippen LogP contribution in [0.15, 0.2) is 75.6 Å². The fraction of sp³-hybridized carbons (Fsp3) is 0.143. The monoisotopic (exact) mass is 440 g/mol. The standard InChI is InChI=1S/C21H17BrN2O2S/c1-26-17-8-3-5-14(12-17)18-13-19(15-6-2-7-16(22)11-15)24(23-18)21(25)20-9-4-10-27-20/h2-12,19H,13H2,1H3/t19-/m1/s1. The van der Waals surface area contributed by atoms with E-state index < -0.39 is 0 Å². The molecule has 1 amide bonds. The van der Waals surface area contributed by atoms with Crippen LogP contribution in [0.25, 0.3) is 0 Å². The molecule has 0 saturated carbocycles. The normalized spacial score (nSPS) is 16.3. The maximum Gasteiger partial charge on any atom is 0.284 e. The minimum Gasteiger partial charge on any atom is -0.497 e. The number of rotatable bonds is 4. The minimum absolute atomic E-state index is 0.0760. The summed E-state index contributed by atoms with van der Waals surface area (Å²) in [6, 6.07) is 19.4. The number of carbonyl (C=O) groups excluding carboxylic acids is 1. The molecule has 1 atom stereocenters. The summed E-state index contributed by atoms with van der Waals surface area (Å²) in [5.41, 5.74) is 2.90. The number of hydrogen-bond donors (Lipinski definition) is 0. The lowest BCUT2D eigenvalue weighted by Gasteiger charge is -2.21. The molecule has 1 aromatic heterocycles. The first-order valence-corrected chi connectivity index (χ1v) is 10.2. The van der Waals surface area contributed by atoms with Gasteiger partial charge in [-0.25, -0.2) is 5.01 Å². The van der Waals surface area contributed by atoms with E-state index in [-0.39, 0.29) is 11.9 Å². The third-order valence-corrected chi connectivity index (χ3v) is 5.84. The van der Waals surface area contributed by atoms with Crippen LogP contribution >= 0.6 is 27.3 Å². The second kappa shape index (κ2) is 7.66. The Hall–Kier alpha value is -2.44. The Balaban J connectivity index is 1.74. The quantitative estimate of drug-likeness (QED) is 0.536. The third kappa shape index (κ3) is 3.68. The Morgan fingerprint density at radius 2 is 2.04 bits per heavy atom. The lowest BCUT2D eigenvalue weighted by molar-refractivity contribution is 0.0716. The molecule has 1 aliphatic heterocycles. The minimum atomic E-state index is -0.140. The van der Waals surface area contributed by atoms with Gasteiger partial charge in [-0.05, 0) is 41.3 Å². The average Bonchev–Trinajstić information content (AvgIpc) is 3.38. The average molecular weight is 441 g/mol. The predicted octanol–water partition coefficient (Wildman–Crippen LogP) is 5.51. The second-order valence-corrected chi connectivity index (χ2v) is 8.04. The molecular weight excluding hydrogens is 424 g/mol. The maximum atomic E-state index is 13.1. The van der Waals surface area contributed by atoms with Crippen molar-refractivity contribution < 1.29 is 9.53 Å². The Morgan fingerprint density at radius 3 is 2.78 bits per heavy atom. The Labute approximate surface area is 170 Å². The summed E-state index contributed by atoms with van der Waals surface area (Å²) in [5, 5.41) is 8.23. The number of hydrazone groups is 1. The van der Waals surface area contributed by atoms with Crippen molar-refractivity contribution in [3.63, 3.8) is 0 Å². The number of ether oxygens (including phenoxy) is 1. The van der Waals surface area contributed by atoms with Gasteiger partial charge in [0.2, 0.25) is 0 Å². The van der Waals surface area contributed by atoms with Crippen molar-refractivity contribution in [3.8, 4) is 5.75 Å². The molecule has 0 spiro atoms. The summed E-state index contributed by atoms with van der Waals surface area (Å²) in [7, 11) is 1.65. The highest BCUT2D eigenvalue weighted by atomic mass is 79.9. The first kappa shape index (κ1) is 17.9. The van der Waals surface area contributed by atoms with E-state index in [0.717, 1.165) is 27.1 Å². The second-order valence-electron chi connectivity index (χ2n) is 6.18. The summed E-state index contributed by atoms with van der Waals surface area (Å²) >= 11 is 4.96. The van der Waals surface area contributed by atoms with Crippen molar-refractivity contribution in [2.24, 2.45) is 5.10 Å². The molecule has 4 rings (SSSR count). The summed E-state index contributed by atoms with van der Waals surface area (Å²) in [4.78, 5) is 13.8. The van der Waals surface area contributed by atoms with Crippen molar-refractivity contribution in [3.05, 3.63) is 86.5 Å². The summed E-state index contributed by atoms with van der Waals surface area (Å²) in [6.45, 7) is 0. The van der Waals surface area contributed by atoms with Crippen molar-refractivity contribution in [2.75, 3.05) is 7.11 Å². The third-order valence-electron chi connectivity index (χ3n) is 4.49. The van der Waals surface area contributed by atoms with Gasteiger partial charge in [0.15, 0.2) is 0 Å². The number of amides is 1. The topological polar surface area (TPSA) is 41.9 Å². The molecule has 0 saturated heterocycles. The van der Waals surface area contributed by atoms with E-state index in [4.69, 9.17) is 9.84 Å². The highest BCUT2D eigenvalue weighted by Crippen LogP contribution is 2.35. The van der Waals surface area contributed by atoms with Gasteiger partial charge in [-0.15, -0.1) is 11.3 Å². The zero-order chi connectivity index (χ0) is 18.8. The van der Waals surface area contributed by atoms with Gasteiger partial charge < -0.3 is 4.74 Å². The molecular formula is C21H17BrN2O2S. The van der Waals surface area contributed by atoms with Crippen LogP contribution in [-0.2, 0) is 0 Å². The van der Waals surface area contributed by atoms with E-state index in [1.54, 1.807) is 12.1 Å². The van der Waals surface area contributed by atoms with Gasteiger partial charge >= 0.3 is 0 Å². The highest BCUT2D eigenvalue weighted by Gasteiger charge is 2.34. The van der Waals surface area contributed by atoms with E-state index in [1.807, 2.05) is 66.0 Å². The molecule has 0 fully saturated rings. The van der Waals surface area contributed by atoms with E-state index in [1.165, 1.54) is 11.3 Å². The number of thiophene rings is 1. The highest BCUT2D eigenvalue weighted by molar-refractivity contribution is 9.10. The molecule has 0 N–H and O–H groups in total. The van der Waals surface area contributed by atoms with Gasteiger partial charge in [-0.3, -0.25) is 4.79 Å². The van der Waals surface area contributed by atoms with Gasteiger partial charge in [-0.1, -0.05) is 46.3 Å². The fourth-order valence-corrected chi connectivity index (χ4v) is 4.23. The van der Waals surface area contributed by atoms with Crippen molar-refractivity contribution >= 4 is 38.9 Å². The summed E-state index contributed by atoms with van der Waals surface area (Å²) in [5.74, 6) is 0.699. The van der Waals surface area contributed by atoms with Crippen LogP contribution in [0.3, 0.4) is 0 Å². The van der Waals surface area contributed by atoms with E-state index in [9.17, 15) is 4.79 Å². The molecule has 4 nitrogen and oxygen atoms in total. The van der Waals surface area contributed by atoms with Crippen molar-refractivity contribution in [2.45, 2.75) is 12.5 Å². The Bertz CT molecular complexity index is 1000. The van der Waals surface area contributed by atoms with Crippen LogP contribution in [-0.4, -0.2) is 23.7 Å². The van der Waals surface area contributed by atoms with Gasteiger partial charge in [0.1, 0.15) is 5.75 Å². The molecule has 0 unspecified atom stereocenters. The summed E-state index contributed by atoms with van der Waals surface area (Å²) < 4.78 is 6.32. The first-order chi connectivity index (χ1) is 13.2. The zero-order valence-corrected chi connectivity index (χ0v) is 17.0. The number of carbonyl (C=O) groups is 1. The molecule has 27 heavy (non-hydrogen) atoms. The lowest BCUT2D eigenvalue weighted by atomic mass is 9.98. The number of hydrogen-bond acceptors (Lipinski definition) is 4. The molecule has 6 heteroatoms. The molecule has 0 bridgehead atoms. The van der Waals surface area contributed by atoms with Gasteiger partial charge in [0.05, 0.1) is 23.7 Å². The smallest absolute Gasteiger partial charge is 0.284 e. The van der Waals surface area contributed by atoms with Crippen LogP contribution in [0.2, 0.25) is 0 Å². The largest absolute Gasteiger partial charge is 0.497 e. The Kier molecular flexibility index (Phi) is 5.09. The molecule has 0 aliphatic carbocycles. The molecule has 3 aromatic rings. The molecule has 2 aromatic carbocycles. The number of methoxy groups -OCH3 is 1. The number of benzene rings is 2. The molecule has 1 aliphatic rings. The maximum absolute atomic E-state index is 13.1. The van der Waals surface area contributed by atoms with Crippen LogP contribution in [0.1, 0.15) is 33.3 Å². The first-order valence-electron chi connectivity index (χ1n) is 8.50. The number of halogens is 1. The fourth-order valence-electron chi connectivity index (χ4n) is 3.16. The zero-order valence-electron chi connectivity index (χ0n) is 14.6. The van der Waals surface area contributed by atoms with Gasteiger partial charge in [0, 0.05) is 16.5 Å². The van der Waals surface area contributed by atoms with Crippen LogP contribution in [0, 0.1) is 0 Å². The van der Waals surface area contributed by atoms with E-state index >= 15 is 0 Å². The summed E-state index contributed by atoms with van der Waals surface area (Å²) in [6.07, 6.45) is 0.654. The molecule has 136 valence electrons. The van der Waals surface area contributed by atoms with Crippen LogP contribution < -0.4 is 4.74 Å². The van der Waals surface area contributed by atoms with Gasteiger partial charge in [-0.2, -0.15) is 5.10 Å². The lowest BCUT2D eigenvalue weighted by Crippen LogP contribution is -2.26. The van der Waals surface area contributed by atoms with Crippen LogP contribution in [0.4, 0.5) is 0 Å². The van der Waals surface area contributed by atoms with Gasteiger partial charge in [0.25, 0.3) is 5.91 Å².